The maximum atomic E-state index is 13.2. The van der Waals surface area contributed by atoms with E-state index in [1.807, 2.05) is 25.2 Å². The lowest BCUT2D eigenvalue weighted by Gasteiger charge is -2.14. The summed E-state index contributed by atoms with van der Waals surface area (Å²) in [7, 11) is 3.48. The van der Waals surface area contributed by atoms with Crippen molar-refractivity contribution in [3.63, 3.8) is 0 Å². The second kappa shape index (κ2) is 7.43. The Labute approximate surface area is 132 Å². The largest absolute Gasteiger partial charge is 0.493 e. The second-order valence-corrected chi connectivity index (χ2v) is 5.41. The SMILES string of the molecule is CNCc1cc(Br)c(OCc2cccc(F)c2)c(OC)c1. The van der Waals surface area contributed by atoms with Gasteiger partial charge in [-0.25, -0.2) is 4.39 Å². The van der Waals surface area contributed by atoms with Crippen molar-refractivity contribution in [1.82, 2.24) is 5.32 Å². The van der Waals surface area contributed by atoms with Gasteiger partial charge in [0.1, 0.15) is 12.4 Å². The molecule has 0 atom stereocenters. The third-order valence-corrected chi connectivity index (χ3v) is 3.53. The molecule has 0 saturated heterocycles. The van der Waals surface area contributed by atoms with E-state index in [0.717, 1.165) is 22.1 Å². The maximum absolute atomic E-state index is 13.2. The van der Waals surface area contributed by atoms with E-state index in [-0.39, 0.29) is 12.4 Å². The molecule has 2 aromatic carbocycles. The Hall–Kier alpha value is -1.59. The zero-order valence-electron chi connectivity index (χ0n) is 12.0. The van der Waals surface area contributed by atoms with Gasteiger partial charge < -0.3 is 14.8 Å². The fourth-order valence-corrected chi connectivity index (χ4v) is 2.61. The lowest BCUT2D eigenvalue weighted by molar-refractivity contribution is 0.282. The van der Waals surface area contributed by atoms with Gasteiger partial charge in [-0.2, -0.15) is 0 Å². The van der Waals surface area contributed by atoms with Gasteiger partial charge in [-0.1, -0.05) is 12.1 Å². The normalized spacial score (nSPS) is 10.5. The van der Waals surface area contributed by atoms with Crippen LogP contribution < -0.4 is 14.8 Å². The Morgan fingerprint density at radius 2 is 2.00 bits per heavy atom. The predicted octanol–water partition coefficient (Wildman–Crippen LogP) is 3.90. The lowest BCUT2D eigenvalue weighted by atomic mass is 10.2. The standard InChI is InChI=1S/C16H17BrFNO2/c1-19-9-12-7-14(17)16(15(8-12)20-2)21-10-11-4-3-5-13(18)6-11/h3-8,19H,9-10H2,1-2H3. The highest BCUT2D eigenvalue weighted by atomic mass is 79.9. The number of ether oxygens (including phenoxy) is 2. The van der Waals surface area contributed by atoms with Crippen molar-refractivity contribution in [1.29, 1.82) is 0 Å². The van der Waals surface area contributed by atoms with Crippen LogP contribution in [0.1, 0.15) is 11.1 Å². The van der Waals surface area contributed by atoms with Crippen LogP contribution in [0.3, 0.4) is 0 Å². The molecular formula is C16H17BrFNO2. The summed E-state index contributed by atoms with van der Waals surface area (Å²) in [5.41, 5.74) is 1.85. The third kappa shape index (κ3) is 4.19. The van der Waals surface area contributed by atoms with Crippen LogP contribution in [0, 0.1) is 5.82 Å². The molecule has 0 aliphatic carbocycles. The van der Waals surface area contributed by atoms with Crippen LogP contribution in [0.5, 0.6) is 11.5 Å². The first kappa shape index (κ1) is 15.8. The van der Waals surface area contributed by atoms with Crippen molar-refractivity contribution >= 4 is 15.9 Å². The zero-order valence-corrected chi connectivity index (χ0v) is 13.5. The number of hydrogen-bond donors (Lipinski definition) is 1. The monoisotopic (exact) mass is 353 g/mol. The highest BCUT2D eigenvalue weighted by Crippen LogP contribution is 2.37. The molecule has 0 fully saturated rings. The second-order valence-electron chi connectivity index (χ2n) is 4.56. The molecule has 0 amide bonds. The summed E-state index contributed by atoms with van der Waals surface area (Å²) in [4.78, 5) is 0. The van der Waals surface area contributed by atoms with Gasteiger partial charge in [0.05, 0.1) is 11.6 Å². The number of methoxy groups -OCH3 is 1. The topological polar surface area (TPSA) is 30.5 Å². The first-order valence-electron chi connectivity index (χ1n) is 6.52. The van der Waals surface area contributed by atoms with Crippen LogP contribution in [-0.4, -0.2) is 14.2 Å². The Morgan fingerprint density at radius 3 is 2.67 bits per heavy atom. The molecule has 2 rings (SSSR count). The highest BCUT2D eigenvalue weighted by Gasteiger charge is 2.12. The smallest absolute Gasteiger partial charge is 0.175 e. The minimum absolute atomic E-state index is 0.272. The van der Waals surface area contributed by atoms with Crippen molar-refractivity contribution in [2.24, 2.45) is 0 Å². The van der Waals surface area contributed by atoms with Crippen molar-refractivity contribution in [2.45, 2.75) is 13.2 Å². The number of nitrogens with one attached hydrogen (secondary N) is 1. The van der Waals surface area contributed by atoms with Crippen molar-refractivity contribution in [3.05, 3.63) is 57.8 Å². The molecule has 2 aromatic rings. The molecule has 0 bridgehead atoms. The summed E-state index contributed by atoms with van der Waals surface area (Å²) in [5.74, 6) is 0.985. The maximum Gasteiger partial charge on any atom is 0.175 e. The Kier molecular flexibility index (Phi) is 5.59. The third-order valence-electron chi connectivity index (χ3n) is 2.94. The summed E-state index contributed by atoms with van der Waals surface area (Å²) >= 11 is 3.49. The minimum Gasteiger partial charge on any atom is -0.493 e. The average molecular weight is 354 g/mol. The molecule has 0 aromatic heterocycles. The van der Waals surface area contributed by atoms with Gasteiger partial charge in [0.2, 0.25) is 0 Å². The number of benzene rings is 2. The summed E-state index contributed by atoms with van der Waals surface area (Å²) in [6, 6.07) is 10.2. The van der Waals surface area contributed by atoms with Crippen LogP contribution in [0.15, 0.2) is 40.9 Å². The minimum atomic E-state index is -0.272. The summed E-state index contributed by atoms with van der Waals surface area (Å²) < 4.78 is 25.1. The Morgan fingerprint density at radius 1 is 1.19 bits per heavy atom. The van der Waals surface area contributed by atoms with Crippen molar-refractivity contribution in [3.8, 4) is 11.5 Å². The molecule has 112 valence electrons. The van der Waals surface area contributed by atoms with Crippen molar-refractivity contribution < 1.29 is 13.9 Å². The molecule has 21 heavy (non-hydrogen) atoms. The lowest BCUT2D eigenvalue weighted by Crippen LogP contribution is -2.06. The number of rotatable bonds is 6. The molecule has 0 spiro atoms. The fourth-order valence-electron chi connectivity index (χ4n) is 2.00. The molecule has 0 heterocycles. The van der Waals surface area contributed by atoms with Crippen LogP contribution in [0.25, 0.3) is 0 Å². The molecular weight excluding hydrogens is 337 g/mol. The fraction of sp³-hybridized carbons (Fsp3) is 0.250. The Bertz CT molecular complexity index is 619. The van der Waals surface area contributed by atoms with Gasteiger partial charge in [-0.3, -0.25) is 0 Å². The summed E-state index contributed by atoms with van der Waals surface area (Å²) in [5, 5.41) is 3.09. The number of hydrogen-bond acceptors (Lipinski definition) is 3. The van der Waals surface area contributed by atoms with E-state index in [9.17, 15) is 4.39 Å². The van der Waals surface area contributed by atoms with E-state index in [1.165, 1.54) is 12.1 Å². The van der Waals surface area contributed by atoms with Crippen LogP contribution in [0.4, 0.5) is 4.39 Å². The van der Waals surface area contributed by atoms with E-state index in [4.69, 9.17) is 9.47 Å². The number of halogens is 2. The van der Waals surface area contributed by atoms with Gasteiger partial charge in [0, 0.05) is 6.54 Å². The van der Waals surface area contributed by atoms with Crippen LogP contribution in [0.2, 0.25) is 0 Å². The van der Waals surface area contributed by atoms with E-state index >= 15 is 0 Å². The molecule has 0 saturated carbocycles. The van der Waals surface area contributed by atoms with Gasteiger partial charge in [0.25, 0.3) is 0 Å². The Balaban J connectivity index is 2.19. The molecule has 5 heteroatoms. The molecule has 0 unspecified atom stereocenters. The van der Waals surface area contributed by atoms with Crippen LogP contribution in [-0.2, 0) is 13.2 Å². The highest BCUT2D eigenvalue weighted by molar-refractivity contribution is 9.10. The summed E-state index contributed by atoms with van der Waals surface area (Å²) in [6.45, 7) is 1.01. The first-order valence-corrected chi connectivity index (χ1v) is 7.31. The van der Waals surface area contributed by atoms with Gasteiger partial charge >= 0.3 is 0 Å². The van der Waals surface area contributed by atoms with E-state index in [1.54, 1.807) is 13.2 Å². The molecule has 3 nitrogen and oxygen atoms in total. The summed E-state index contributed by atoms with van der Waals surface area (Å²) in [6.07, 6.45) is 0. The molecule has 1 N–H and O–H groups in total. The molecule has 0 radical (unpaired) electrons. The molecule has 0 aliphatic heterocycles. The zero-order chi connectivity index (χ0) is 15.2. The first-order chi connectivity index (χ1) is 10.1. The van der Waals surface area contributed by atoms with Gasteiger partial charge in [-0.05, 0) is 58.4 Å². The van der Waals surface area contributed by atoms with Gasteiger partial charge in [0.15, 0.2) is 11.5 Å². The van der Waals surface area contributed by atoms with Crippen LogP contribution >= 0.6 is 15.9 Å². The van der Waals surface area contributed by atoms with Crippen molar-refractivity contribution in [2.75, 3.05) is 14.2 Å². The predicted molar refractivity (Wildman–Crippen MR) is 84.2 cm³/mol. The van der Waals surface area contributed by atoms with E-state index in [0.29, 0.717) is 11.5 Å². The molecule has 0 aliphatic rings. The van der Waals surface area contributed by atoms with Gasteiger partial charge in [-0.15, -0.1) is 0 Å². The quantitative estimate of drug-likeness (QED) is 0.854. The average Bonchev–Trinajstić information content (AvgIpc) is 2.46. The van der Waals surface area contributed by atoms with E-state index < -0.39 is 0 Å². The van der Waals surface area contributed by atoms with E-state index in [2.05, 4.69) is 21.2 Å².